The number of carboxylic acids is 2. The molecule has 4 rings (SSSR count). The number of halogens is 3. The van der Waals surface area contributed by atoms with Gasteiger partial charge in [-0.2, -0.15) is 13.2 Å². The van der Waals surface area contributed by atoms with Crippen LogP contribution in [0.5, 0.6) is 0 Å². The molecule has 2 aromatic heterocycles. The number of thiazole rings is 1. The maximum absolute atomic E-state index is 13.0. The molecule has 1 fully saturated rings. The van der Waals surface area contributed by atoms with Gasteiger partial charge in [0.05, 0.1) is 0 Å². The quantitative estimate of drug-likeness (QED) is 0.0900. The highest BCUT2D eigenvalue weighted by molar-refractivity contribution is 8.06. The average molecular weight is 710 g/mol. The van der Waals surface area contributed by atoms with E-state index in [0.717, 1.165) is 21.8 Å². The fraction of sp³-hybridized carbons (Fsp3) is 0.375. The summed E-state index contributed by atoms with van der Waals surface area (Å²) in [6.07, 6.45) is -1.70. The number of pyridine rings is 1. The van der Waals surface area contributed by atoms with Crippen LogP contribution in [0.2, 0.25) is 0 Å². The van der Waals surface area contributed by atoms with Crippen LogP contribution < -0.4 is 16.8 Å². The number of aliphatic carboxylic acids is 2. The highest BCUT2D eigenvalue weighted by atomic mass is 32.2. The van der Waals surface area contributed by atoms with E-state index in [0.29, 0.717) is 23.0 Å². The van der Waals surface area contributed by atoms with Gasteiger partial charge in [-0.05, 0) is 25.5 Å². The minimum Gasteiger partial charge on any atom is -0.477 e. The first kappa shape index (κ1) is 35.9. The minimum absolute atomic E-state index is 0.0680. The molecule has 45 heavy (non-hydrogen) atoms. The van der Waals surface area contributed by atoms with Crippen molar-refractivity contribution in [2.45, 2.75) is 46.8 Å². The standard InChI is InChI=1S/C22H25N7O5S4.C2HF3O2/c1-22(2,9-23)37-6-10-5-25-4-3-12(10)38-13-8-35-19-15(18(31)29(19)16(13)20(32)33)27-17(30)14(28-34)11-7-36-21(24)26-11;3-2(4,5)1(6)7/h3-5,7,15,19,34H,6,8-9,23H2,1-2H3,(H2,24,26)(H,27,30)(H,32,33);(H,6,7)/b28-14-;/t15-,19+;/m1./s1. The topological polar surface area (TPSA) is 234 Å². The van der Waals surface area contributed by atoms with Crippen LogP contribution >= 0.6 is 46.6 Å². The van der Waals surface area contributed by atoms with Gasteiger partial charge in [0.15, 0.2) is 10.8 Å². The van der Waals surface area contributed by atoms with Crippen LogP contribution in [0.15, 0.2) is 44.5 Å². The minimum atomic E-state index is -5.08. The Balaban J connectivity index is 0.000000707. The molecule has 14 nitrogen and oxygen atoms in total. The lowest BCUT2D eigenvalue weighted by atomic mass is 10.0. The number of thioether (sulfide) groups is 3. The van der Waals surface area contributed by atoms with Crippen molar-refractivity contribution in [3.05, 3.63) is 45.7 Å². The zero-order chi connectivity index (χ0) is 33.7. The van der Waals surface area contributed by atoms with Crippen LogP contribution in [0.1, 0.15) is 25.1 Å². The van der Waals surface area contributed by atoms with Crippen molar-refractivity contribution in [3.8, 4) is 0 Å². The monoisotopic (exact) mass is 709 g/mol. The summed E-state index contributed by atoms with van der Waals surface area (Å²) in [6, 6.07) is 0.828. The molecule has 0 aromatic carbocycles. The van der Waals surface area contributed by atoms with Crippen LogP contribution in [0.3, 0.4) is 0 Å². The first-order chi connectivity index (χ1) is 21.0. The van der Waals surface area contributed by atoms with Gasteiger partial charge < -0.3 is 32.2 Å². The van der Waals surface area contributed by atoms with Crippen LogP contribution in [0, 0.1) is 0 Å². The van der Waals surface area contributed by atoms with Gasteiger partial charge in [0, 0.05) is 50.4 Å². The molecule has 4 heterocycles. The summed E-state index contributed by atoms with van der Waals surface area (Å²) in [5, 5.41) is 33.0. The first-order valence-electron chi connectivity index (χ1n) is 12.4. The number of rotatable bonds is 10. The zero-order valence-electron chi connectivity index (χ0n) is 23.3. The molecule has 2 amide bonds. The Morgan fingerprint density at radius 2 is 1.93 bits per heavy atom. The van der Waals surface area contributed by atoms with E-state index in [9.17, 15) is 37.9 Å². The Morgan fingerprint density at radius 3 is 2.47 bits per heavy atom. The van der Waals surface area contributed by atoms with Crippen LogP contribution in [0.4, 0.5) is 18.3 Å². The molecule has 8 N–H and O–H groups in total. The highest BCUT2D eigenvalue weighted by Gasteiger charge is 2.54. The van der Waals surface area contributed by atoms with E-state index in [1.54, 1.807) is 24.2 Å². The van der Waals surface area contributed by atoms with E-state index in [1.165, 1.54) is 33.8 Å². The third-order valence-corrected chi connectivity index (χ3v) is 10.7. The summed E-state index contributed by atoms with van der Waals surface area (Å²) in [7, 11) is 0. The zero-order valence-corrected chi connectivity index (χ0v) is 26.5. The van der Waals surface area contributed by atoms with Crippen molar-refractivity contribution in [1.82, 2.24) is 20.2 Å². The molecule has 2 atom stereocenters. The average Bonchev–Trinajstić information content (AvgIpc) is 3.40. The summed E-state index contributed by atoms with van der Waals surface area (Å²) in [5.74, 6) is -4.43. The predicted octanol–water partition coefficient (Wildman–Crippen LogP) is 2.39. The Bertz CT molecular complexity index is 1530. The molecular weight excluding hydrogens is 684 g/mol. The second kappa shape index (κ2) is 14.7. The number of nitrogens with zero attached hydrogens (tertiary/aromatic N) is 4. The summed E-state index contributed by atoms with van der Waals surface area (Å²) in [5.41, 5.74) is 11.9. The fourth-order valence-electron chi connectivity index (χ4n) is 3.58. The summed E-state index contributed by atoms with van der Waals surface area (Å²) in [4.78, 5) is 57.6. The van der Waals surface area contributed by atoms with Gasteiger partial charge in [0.25, 0.3) is 11.8 Å². The van der Waals surface area contributed by atoms with Gasteiger partial charge in [0.2, 0.25) is 0 Å². The number of carboxylic acid groups (broad SMARTS) is 2. The molecule has 0 radical (unpaired) electrons. The molecular formula is C24H26F3N7O7S4. The Labute approximate surface area is 269 Å². The molecule has 21 heteroatoms. The number of nitrogen functional groups attached to an aromatic ring is 1. The second-order valence-electron chi connectivity index (χ2n) is 9.60. The van der Waals surface area contributed by atoms with Crippen molar-refractivity contribution in [3.63, 3.8) is 0 Å². The Hall–Kier alpha value is -3.53. The maximum atomic E-state index is 13.0. The molecule has 2 aliphatic heterocycles. The number of anilines is 1. The largest absolute Gasteiger partial charge is 0.490 e. The van der Waals surface area contributed by atoms with Crippen molar-refractivity contribution in [1.29, 1.82) is 0 Å². The lowest BCUT2D eigenvalue weighted by molar-refractivity contribution is -0.192. The molecule has 2 aliphatic rings. The van der Waals surface area contributed by atoms with Crippen molar-refractivity contribution in [2.24, 2.45) is 10.9 Å². The second-order valence-corrected chi connectivity index (χ2v) is 14.4. The number of carbonyl (C=O) groups excluding carboxylic acids is 2. The number of hydrogen-bond acceptors (Lipinski definition) is 14. The number of nitrogens with two attached hydrogens (primary N) is 2. The van der Waals surface area contributed by atoms with E-state index >= 15 is 0 Å². The van der Waals surface area contributed by atoms with Crippen molar-refractivity contribution < 1.29 is 47.8 Å². The number of nitrogens with one attached hydrogen (secondary N) is 1. The number of amides is 2. The van der Waals surface area contributed by atoms with Crippen molar-refractivity contribution in [2.75, 3.05) is 18.0 Å². The molecule has 0 spiro atoms. The summed E-state index contributed by atoms with van der Waals surface area (Å²) in [6.45, 7) is 4.61. The third-order valence-electron chi connectivity index (χ3n) is 5.95. The maximum Gasteiger partial charge on any atom is 0.490 e. The number of hydrogen-bond donors (Lipinski definition) is 6. The molecule has 1 saturated heterocycles. The summed E-state index contributed by atoms with van der Waals surface area (Å²) < 4.78 is 31.6. The number of alkyl halides is 3. The van der Waals surface area contributed by atoms with E-state index in [1.807, 2.05) is 6.07 Å². The smallest absolute Gasteiger partial charge is 0.477 e. The van der Waals surface area contributed by atoms with Gasteiger partial charge >= 0.3 is 18.1 Å². The van der Waals surface area contributed by atoms with Crippen LogP contribution in [-0.2, 0) is 24.9 Å². The van der Waals surface area contributed by atoms with E-state index < -0.39 is 47.1 Å². The Morgan fingerprint density at radius 1 is 1.27 bits per heavy atom. The molecule has 0 unspecified atom stereocenters. The summed E-state index contributed by atoms with van der Waals surface area (Å²) >= 11 is 5.37. The first-order valence-corrected chi connectivity index (χ1v) is 16.1. The number of oxime groups is 1. The predicted molar refractivity (Wildman–Crippen MR) is 163 cm³/mol. The van der Waals surface area contributed by atoms with Crippen molar-refractivity contribution >= 4 is 81.2 Å². The van der Waals surface area contributed by atoms with E-state index in [2.05, 4.69) is 34.3 Å². The van der Waals surface area contributed by atoms with Crippen LogP contribution in [0.25, 0.3) is 0 Å². The lowest BCUT2D eigenvalue weighted by Gasteiger charge is -2.49. The van der Waals surface area contributed by atoms with E-state index in [-0.39, 0.29) is 21.3 Å². The third kappa shape index (κ3) is 8.81. The molecule has 0 bridgehead atoms. The molecule has 2 aromatic rings. The van der Waals surface area contributed by atoms with Gasteiger partial charge in [-0.15, -0.1) is 34.9 Å². The molecule has 244 valence electrons. The fourth-order valence-corrected chi connectivity index (χ4v) is 7.68. The molecule has 0 aliphatic carbocycles. The molecule has 0 saturated carbocycles. The van der Waals surface area contributed by atoms with Gasteiger partial charge in [0.1, 0.15) is 22.8 Å². The number of carbonyl (C=O) groups is 4. The van der Waals surface area contributed by atoms with Gasteiger partial charge in [-0.3, -0.25) is 19.5 Å². The highest BCUT2D eigenvalue weighted by Crippen LogP contribution is 2.46. The van der Waals surface area contributed by atoms with Crippen LogP contribution in [-0.4, -0.2) is 94.4 Å². The SMILES string of the molecule is CC(C)(CN)SCc1cnccc1SC1=C(C(=O)O)N2C(=O)[C@@H](NC(=O)/C(=N\O)c3csc(N)n3)[C@@H]2SC1.O=C(O)C(F)(F)F. The lowest BCUT2D eigenvalue weighted by Crippen LogP contribution is -2.71. The number of aromatic nitrogens is 2. The van der Waals surface area contributed by atoms with E-state index in [4.69, 9.17) is 21.4 Å². The number of fused-ring (bicyclic) bond motifs is 1. The normalized spacial score (nSPS) is 18.4. The van der Waals surface area contributed by atoms with Gasteiger partial charge in [-0.1, -0.05) is 16.9 Å². The van der Waals surface area contributed by atoms with Gasteiger partial charge in [-0.25, -0.2) is 14.6 Å². The Kier molecular flexibility index (Phi) is 11.7. The number of β-lactam (4-membered cyclic amide) rings is 1.